The Hall–Kier alpha value is -3.73. The van der Waals surface area contributed by atoms with Gasteiger partial charge in [-0.05, 0) is 24.6 Å². The van der Waals surface area contributed by atoms with Gasteiger partial charge < -0.3 is 10.5 Å². The first kappa shape index (κ1) is 17.7. The molecule has 0 saturated carbocycles. The van der Waals surface area contributed by atoms with Gasteiger partial charge in [0, 0.05) is 25.1 Å². The maximum Gasteiger partial charge on any atom is 0.188 e. The van der Waals surface area contributed by atoms with Crippen molar-refractivity contribution in [1.29, 1.82) is 5.26 Å². The van der Waals surface area contributed by atoms with Crippen LogP contribution in [-0.4, -0.2) is 20.0 Å². The smallest absolute Gasteiger partial charge is 0.188 e. The summed E-state index contributed by atoms with van der Waals surface area (Å²) >= 11 is 0. The van der Waals surface area contributed by atoms with Crippen LogP contribution in [0.15, 0.2) is 30.3 Å². The Morgan fingerprint density at radius 2 is 2.14 bits per heavy atom. The average molecular weight is 376 g/mol. The number of hydrogen-bond acceptors (Lipinski definition) is 6. The Kier molecular flexibility index (Phi) is 4.28. The lowest BCUT2D eigenvalue weighted by Gasteiger charge is -2.19. The van der Waals surface area contributed by atoms with E-state index in [1.54, 1.807) is 19.2 Å². The molecule has 1 aliphatic heterocycles. The van der Waals surface area contributed by atoms with Gasteiger partial charge in [0.2, 0.25) is 0 Å². The molecular formula is C20H17FN6O. The molecule has 0 amide bonds. The van der Waals surface area contributed by atoms with E-state index in [0.29, 0.717) is 40.4 Å². The van der Waals surface area contributed by atoms with Crippen LogP contribution in [0.1, 0.15) is 35.5 Å². The highest BCUT2D eigenvalue weighted by molar-refractivity contribution is 5.71. The number of ether oxygens (including phenoxy) is 1. The van der Waals surface area contributed by atoms with Gasteiger partial charge in [-0.25, -0.2) is 4.39 Å². The quantitative estimate of drug-likeness (QED) is 0.646. The minimum absolute atomic E-state index is 0.116. The van der Waals surface area contributed by atoms with E-state index in [-0.39, 0.29) is 11.6 Å². The molecule has 8 heteroatoms. The van der Waals surface area contributed by atoms with Crippen molar-refractivity contribution in [3.63, 3.8) is 0 Å². The van der Waals surface area contributed by atoms with Crippen LogP contribution in [0.3, 0.4) is 0 Å². The van der Waals surface area contributed by atoms with Crippen molar-refractivity contribution in [2.75, 3.05) is 5.73 Å². The van der Waals surface area contributed by atoms with Gasteiger partial charge in [-0.3, -0.25) is 4.68 Å². The Bertz CT molecular complexity index is 1140. The number of aryl methyl sites for hydroxylation is 1. The van der Waals surface area contributed by atoms with Crippen molar-refractivity contribution in [3.05, 3.63) is 58.7 Å². The number of nitrogens with two attached hydrogens (primary N) is 1. The molecule has 2 N–H and O–H groups in total. The molecule has 3 heterocycles. The van der Waals surface area contributed by atoms with Crippen LogP contribution in [0.2, 0.25) is 0 Å². The van der Waals surface area contributed by atoms with Crippen LogP contribution in [0, 0.1) is 17.1 Å². The zero-order valence-corrected chi connectivity index (χ0v) is 15.3. The van der Waals surface area contributed by atoms with E-state index in [0.717, 1.165) is 5.56 Å². The Morgan fingerprint density at radius 3 is 2.93 bits per heavy atom. The Balaban J connectivity index is 1.96. The second-order valence-electron chi connectivity index (χ2n) is 6.52. The lowest BCUT2D eigenvalue weighted by molar-refractivity contribution is 0.226. The SMILES string of the molecule is C[C@H]1Oc2cc(nnc2N)-c2c(nn(C)c2C#N)C/C=C\c2ccc(F)cc21. The van der Waals surface area contributed by atoms with Crippen molar-refractivity contribution in [3.8, 4) is 23.1 Å². The van der Waals surface area contributed by atoms with Gasteiger partial charge >= 0.3 is 0 Å². The van der Waals surface area contributed by atoms with Crippen molar-refractivity contribution >= 4 is 11.9 Å². The van der Waals surface area contributed by atoms with Gasteiger partial charge in [0.25, 0.3) is 0 Å². The number of rotatable bonds is 0. The molecule has 7 nitrogen and oxygen atoms in total. The molecule has 2 aromatic heterocycles. The Morgan fingerprint density at radius 1 is 1.32 bits per heavy atom. The normalized spacial score (nSPS) is 16.6. The van der Waals surface area contributed by atoms with E-state index in [2.05, 4.69) is 21.4 Å². The minimum atomic E-state index is -0.474. The van der Waals surface area contributed by atoms with E-state index in [9.17, 15) is 9.65 Å². The zero-order chi connectivity index (χ0) is 19.8. The number of nitrogens with zero attached hydrogens (tertiary/aromatic N) is 5. The van der Waals surface area contributed by atoms with Crippen LogP contribution < -0.4 is 10.5 Å². The van der Waals surface area contributed by atoms with Crippen molar-refractivity contribution in [2.45, 2.75) is 19.4 Å². The summed E-state index contributed by atoms with van der Waals surface area (Å²) in [6.07, 6.45) is 3.81. The predicted octanol–water partition coefficient (Wildman–Crippen LogP) is 3.18. The molecule has 2 bridgehead atoms. The largest absolute Gasteiger partial charge is 0.482 e. The topological polar surface area (TPSA) is 103 Å². The predicted molar refractivity (Wildman–Crippen MR) is 102 cm³/mol. The monoisotopic (exact) mass is 376 g/mol. The first-order chi connectivity index (χ1) is 13.5. The van der Waals surface area contributed by atoms with Crippen LogP contribution >= 0.6 is 0 Å². The summed E-state index contributed by atoms with van der Waals surface area (Å²) in [7, 11) is 1.70. The highest BCUT2D eigenvalue weighted by Crippen LogP contribution is 2.34. The molecule has 3 aromatic rings. The molecule has 1 aromatic carbocycles. The summed E-state index contributed by atoms with van der Waals surface area (Å²) < 4.78 is 21.3. The van der Waals surface area contributed by atoms with Crippen LogP contribution in [0.25, 0.3) is 17.3 Å². The molecule has 0 spiro atoms. The highest BCUT2D eigenvalue weighted by atomic mass is 19.1. The summed E-state index contributed by atoms with van der Waals surface area (Å²) in [4.78, 5) is 0. The molecular weight excluding hydrogens is 359 g/mol. The standard InChI is InChI=1S/C20H17FN6O/c1-11-14-8-13(21)7-6-12(14)4-3-5-15-19(17(10-22)27(2)26-15)16-9-18(28-11)20(23)25-24-16/h3-4,6-9,11H,5H2,1-2H3,(H2,23,25)/b4-3-/t11-/m1/s1. The fourth-order valence-corrected chi connectivity index (χ4v) is 3.32. The maximum absolute atomic E-state index is 13.8. The number of hydrogen-bond donors (Lipinski definition) is 1. The van der Waals surface area contributed by atoms with E-state index in [4.69, 9.17) is 10.5 Å². The number of aromatic nitrogens is 4. The molecule has 0 fully saturated rings. The summed E-state index contributed by atoms with van der Waals surface area (Å²) in [6, 6.07) is 8.36. The maximum atomic E-state index is 13.8. The average Bonchev–Trinajstić information content (AvgIpc) is 2.99. The number of allylic oxidation sites excluding steroid dienone is 1. The molecule has 0 unspecified atom stereocenters. The zero-order valence-electron chi connectivity index (χ0n) is 15.3. The number of fused-ring (bicyclic) bond motifs is 5. The van der Waals surface area contributed by atoms with E-state index < -0.39 is 6.10 Å². The van der Waals surface area contributed by atoms with E-state index in [1.807, 2.05) is 19.1 Å². The highest BCUT2D eigenvalue weighted by Gasteiger charge is 2.22. The lowest BCUT2D eigenvalue weighted by Crippen LogP contribution is -2.09. The van der Waals surface area contributed by atoms with Gasteiger partial charge in [-0.2, -0.15) is 10.4 Å². The second-order valence-corrected chi connectivity index (χ2v) is 6.52. The van der Waals surface area contributed by atoms with E-state index in [1.165, 1.54) is 16.8 Å². The van der Waals surface area contributed by atoms with Gasteiger partial charge in [0.15, 0.2) is 11.6 Å². The minimum Gasteiger partial charge on any atom is -0.482 e. The molecule has 1 atom stereocenters. The number of anilines is 1. The molecule has 140 valence electrons. The summed E-state index contributed by atoms with van der Waals surface area (Å²) in [5.74, 6) is 0.0861. The number of nitriles is 1. The van der Waals surface area contributed by atoms with Crippen molar-refractivity contribution in [1.82, 2.24) is 20.0 Å². The molecule has 0 aliphatic carbocycles. The lowest BCUT2D eigenvalue weighted by atomic mass is 10.0. The second kappa shape index (κ2) is 6.78. The fraction of sp³-hybridized carbons (Fsp3) is 0.200. The first-order valence-electron chi connectivity index (χ1n) is 8.70. The Labute approximate surface area is 160 Å². The first-order valence-corrected chi connectivity index (χ1v) is 8.70. The molecule has 1 aliphatic rings. The van der Waals surface area contributed by atoms with Crippen molar-refractivity contribution in [2.24, 2.45) is 7.05 Å². The number of benzene rings is 1. The fourth-order valence-electron chi connectivity index (χ4n) is 3.32. The summed E-state index contributed by atoms with van der Waals surface area (Å²) in [5.41, 5.74) is 9.56. The van der Waals surface area contributed by atoms with Crippen LogP contribution in [-0.2, 0) is 13.5 Å². The molecule has 28 heavy (non-hydrogen) atoms. The molecule has 4 rings (SSSR count). The van der Waals surface area contributed by atoms with Gasteiger partial charge in [0.05, 0.1) is 11.3 Å². The van der Waals surface area contributed by atoms with Crippen LogP contribution in [0.4, 0.5) is 10.2 Å². The van der Waals surface area contributed by atoms with Crippen molar-refractivity contribution < 1.29 is 9.13 Å². The van der Waals surface area contributed by atoms with Gasteiger partial charge in [0.1, 0.15) is 29.4 Å². The van der Waals surface area contributed by atoms with Gasteiger partial charge in [-0.15, -0.1) is 10.2 Å². The van der Waals surface area contributed by atoms with E-state index >= 15 is 0 Å². The number of nitrogen functional groups attached to an aromatic ring is 1. The third-order valence-electron chi connectivity index (χ3n) is 4.67. The van der Waals surface area contributed by atoms with Crippen LogP contribution in [0.5, 0.6) is 5.75 Å². The third-order valence-corrected chi connectivity index (χ3v) is 4.67. The van der Waals surface area contributed by atoms with Gasteiger partial charge in [-0.1, -0.05) is 18.2 Å². The summed E-state index contributed by atoms with van der Waals surface area (Å²) in [5, 5.41) is 22.1. The third kappa shape index (κ3) is 2.97. The molecule has 0 radical (unpaired) electrons. The molecule has 0 saturated heterocycles. The summed E-state index contributed by atoms with van der Waals surface area (Å²) in [6.45, 7) is 1.81. The number of halogens is 1.